The normalized spacial score (nSPS) is 31.8. The van der Waals surface area contributed by atoms with Crippen LogP contribution in [0.1, 0.15) is 101 Å². The first kappa shape index (κ1) is 50.8. The molecule has 1 saturated carbocycles. The van der Waals surface area contributed by atoms with Gasteiger partial charge < -0.3 is 48.0 Å². The molecule has 3 aromatic carbocycles. The van der Waals surface area contributed by atoms with Crippen LogP contribution < -0.4 is 5.32 Å². The Hall–Kier alpha value is -5.56. The molecule has 8 rings (SSSR count). The van der Waals surface area contributed by atoms with Gasteiger partial charge in [-0.3, -0.25) is 19.2 Å². The summed E-state index contributed by atoms with van der Waals surface area (Å²) >= 11 is 0. The lowest BCUT2D eigenvalue weighted by Gasteiger charge is -2.65. The molecule has 374 valence electrons. The molecule has 1 amide bonds. The number of hydrogen-bond acceptors (Lipinski definition) is 15. The maximum atomic E-state index is 15.6. The smallest absolute Gasteiger partial charge is 0.338 e. The Morgan fingerprint density at radius 1 is 0.829 bits per heavy atom. The number of rotatable bonds is 12. The lowest BCUT2D eigenvalue weighted by atomic mass is 9.48. The average Bonchev–Trinajstić information content (AvgIpc) is 3.55. The van der Waals surface area contributed by atoms with Crippen LogP contribution in [0.5, 0.6) is 0 Å². The molecule has 17 heteroatoms. The van der Waals surface area contributed by atoms with Gasteiger partial charge in [-0.2, -0.15) is 0 Å². The SMILES string of the molecule is CC(=O)OC1O[C@H]2[C@@H]3[C@@]4(OC[C@H]14)OC(O)[C@@]3(C)C(=O)[C@H](OC(C)=O)C1=C(C)[C@@H](OC(=O)[C@H](O[Si](C)(C)C(C)(C)C)[C@@H](NC(=O)c3ccccc3)c3ccccc3)C[C@]2(OC(=O)c2ccccc2)C1(C)C. The highest BCUT2D eigenvalue weighted by Gasteiger charge is 2.83. The molecule has 3 heterocycles. The van der Waals surface area contributed by atoms with Crippen molar-refractivity contribution in [2.75, 3.05) is 6.61 Å². The predicted molar refractivity (Wildman–Crippen MR) is 253 cm³/mol. The van der Waals surface area contributed by atoms with E-state index in [4.69, 9.17) is 37.6 Å². The van der Waals surface area contributed by atoms with E-state index in [0.29, 0.717) is 11.1 Å². The Kier molecular flexibility index (Phi) is 13.2. The van der Waals surface area contributed by atoms with Crippen LogP contribution in [0.4, 0.5) is 0 Å². The molecule has 3 aromatic rings. The number of carbonyl (C=O) groups is 6. The predicted octanol–water partition coefficient (Wildman–Crippen LogP) is 6.92. The fraction of sp³-hybridized carbons (Fsp3) is 0.509. The Morgan fingerprint density at radius 2 is 1.40 bits per heavy atom. The number of ketones is 1. The van der Waals surface area contributed by atoms with Crippen molar-refractivity contribution < 1.29 is 71.5 Å². The summed E-state index contributed by atoms with van der Waals surface area (Å²) in [6.45, 7) is 18.8. The van der Waals surface area contributed by atoms with Crippen LogP contribution in [0, 0.1) is 22.7 Å². The standard InChI is InChI=1S/C53H63NO15Si/c1-29-36(65-46(60)40(69-70(10,11)49(4,5)6)38(32-21-15-12-16-22-32)54-44(58)33-23-17-13-18-24-33)27-52(67-45(59)34-25-19-14-20-26-34)43-41-51(9,42(57)39(63-30(2)55)37(29)50(52,7)8)48(61)68-53(41)35(28-62-53)47(66-43)64-31(3)56/h12-26,35-36,38-41,43,47-48,61H,27-28H2,1-11H3,(H,54,58)/t35-,36+,38+,39-,40-,41+,43+,47?,48?,51-,52-,53+/m1/s1. The molecule has 3 aliphatic heterocycles. The molecular weight excluding hydrogens is 919 g/mol. The van der Waals surface area contributed by atoms with Crippen molar-refractivity contribution in [1.29, 1.82) is 0 Å². The van der Waals surface area contributed by atoms with Crippen LogP contribution in [0.25, 0.3) is 0 Å². The van der Waals surface area contributed by atoms with Crippen LogP contribution >= 0.6 is 0 Å². The van der Waals surface area contributed by atoms with E-state index in [1.54, 1.807) is 106 Å². The van der Waals surface area contributed by atoms with Crippen molar-refractivity contribution in [2.45, 2.75) is 141 Å². The average molecular weight is 982 g/mol. The van der Waals surface area contributed by atoms with Gasteiger partial charge in [0.05, 0.1) is 35.5 Å². The summed E-state index contributed by atoms with van der Waals surface area (Å²) < 4.78 is 52.1. The monoisotopic (exact) mass is 981 g/mol. The van der Waals surface area contributed by atoms with Crippen molar-refractivity contribution >= 4 is 43.9 Å². The second kappa shape index (κ2) is 18.2. The van der Waals surface area contributed by atoms with Crippen LogP contribution in [0.3, 0.4) is 0 Å². The zero-order chi connectivity index (χ0) is 50.9. The summed E-state index contributed by atoms with van der Waals surface area (Å²) in [6.07, 6.45) is -9.82. The molecule has 2 unspecified atom stereocenters. The van der Waals surface area contributed by atoms with Gasteiger partial charge in [0.15, 0.2) is 44.0 Å². The Morgan fingerprint density at radius 3 is 1.94 bits per heavy atom. The number of amides is 1. The number of hydrogen-bond donors (Lipinski definition) is 2. The van der Waals surface area contributed by atoms with Crippen molar-refractivity contribution in [3.8, 4) is 0 Å². The number of benzene rings is 3. The van der Waals surface area contributed by atoms with E-state index in [9.17, 15) is 24.3 Å². The van der Waals surface area contributed by atoms with Gasteiger partial charge in [-0.05, 0) is 73.0 Å². The molecule has 5 aliphatic rings. The number of nitrogens with one attached hydrogen (secondary N) is 1. The third kappa shape index (κ3) is 8.31. The minimum absolute atomic E-state index is 0.0603. The first-order chi connectivity index (χ1) is 32.8. The van der Waals surface area contributed by atoms with Gasteiger partial charge in [-0.15, -0.1) is 0 Å². The lowest BCUT2D eigenvalue weighted by molar-refractivity contribution is -0.450. The van der Waals surface area contributed by atoms with E-state index in [2.05, 4.69) is 5.32 Å². The zero-order valence-corrected chi connectivity index (χ0v) is 42.4. The second-order valence-electron chi connectivity index (χ2n) is 21.3. The molecule has 4 fully saturated rings. The van der Waals surface area contributed by atoms with Gasteiger partial charge >= 0.3 is 23.9 Å². The number of ether oxygens (including phenoxy) is 7. The van der Waals surface area contributed by atoms with E-state index in [1.165, 1.54) is 13.8 Å². The third-order valence-corrected chi connectivity index (χ3v) is 20.2. The number of carbonyl (C=O) groups excluding carboxylic acids is 6. The highest BCUT2D eigenvalue weighted by Crippen LogP contribution is 2.69. The van der Waals surface area contributed by atoms with E-state index >= 15 is 9.59 Å². The van der Waals surface area contributed by atoms with Crippen molar-refractivity contribution in [1.82, 2.24) is 5.32 Å². The number of aliphatic hydroxyl groups excluding tert-OH is 1. The van der Waals surface area contributed by atoms with Gasteiger partial charge in [0.1, 0.15) is 12.2 Å². The maximum Gasteiger partial charge on any atom is 0.338 e. The molecule has 2 N–H and O–H groups in total. The summed E-state index contributed by atoms with van der Waals surface area (Å²) in [7, 11) is -2.94. The van der Waals surface area contributed by atoms with E-state index in [0.717, 1.165) is 6.92 Å². The van der Waals surface area contributed by atoms with Crippen molar-refractivity contribution in [2.24, 2.45) is 22.7 Å². The van der Waals surface area contributed by atoms with E-state index in [-0.39, 0.29) is 29.7 Å². The van der Waals surface area contributed by atoms with Crippen LogP contribution in [-0.2, 0) is 56.8 Å². The lowest BCUT2D eigenvalue weighted by Crippen LogP contribution is -2.78. The minimum Gasteiger partial charge on any atom is -0.456 e. The maximum absolute atomic E-state index is 15.6. The van der Waals surface area contributed by atoms with Gasteiger partial charge in [0, 0.05) is 31.2 Å². The topological polar surface area (TPSA) is 209 Å². The van der Waals surface area contributed by atoms with E-state index < -0.39 is 126 Å². The molecule has 3 saturated heterocycles. The molecule has 2 aliphatic carbocycles. The highest BCUT2D eigenvalue weighted by molar-refractivity contribution is 6.74. The zero-order valence-electron chi connectivity index (χ0n) is 41.4. The second-order valence-corrected chi connectivity index (χ2v) is 26.0. The van der Waals surface area contributed by atoms with E-state index in [1.807, 2.05) is 39.9 Å². The molecule has 70 heavy (non-hydrogen) atoms. The summed E-state index contributed by atoms with van der Waals surface area (Å²) in [5, 5.41) is 14.7. The first-order valence-corrected chi connectivity index (χ1v) is 26.5. The molecule has 0 aromatic heterocycles. The van der Waals surface area contributed by atoms with Gasteiger partial charge in [0.2, 0.25) is 6.29 Å². The first-order valence-electron chi connectivity index (χ1n) is 23.6. The summed E-state index contributed by atoms with van der Waals surface area (Å²) in [5.41, 5.74) is -4.21. The Balaban J connectivity index is 1.35. The minimum atomic E-state index is -2.94. The van der Waals surface area contributed by atoms with Crippen molar-refractivity contribution in [3.63, 3.8) is 0 Å². The highest BCUT2D eigenvalue weighted by atomic mass is 28.4. The molecule has 16 nitrogen and oxygen atoms in total. The van der Waals surface area contributed by atoms with Gasteiger partial charge in [-0.25, -0.2) is 9.59 Å². The van der Waals surface area contributed by atoms with Crippen LogP contribution in [0.2, 0.25) is 18.1 Å². The molecule has 12 atom stereocenters. The molecule has 0 radical (unpaired) electrons. The quantitative estimate of drug-likeness (QED) is 0.0817. The summed E-state index contributed by atoms with van der Waals surface area (Å²) in [4.78, 5) is 86.3. The van der Waals surface area contributed by atoms with Crippen LogP contribution in [-0.4, -0.2) is 104 Å². The number of fused-ring (bicyclic) bond motifs is 3. The fourth-order valence-electron chi connectivity index (χ4n) is 11.0. The number of Topliss-reactive ketones (excluding diaryl/α,β-unsaturated/α-hetero) is 1. The summed E-state index contributed by atoms with van der Waals surface area (Å²) in [6, 6.07) is 24.5. The van der Waals surface area contributed by atoms with Gasteiger partial charge in [0.25, 0.3) is 5.91 Å². The molecule has 1 spiro atoms. The molecule has 2 bridgehead atoms. The number of esters is 4. The van der Waals surface area contributed by atoms with Crippen molar-refractivity contribution in [3.05, 3.63) is 119 Å². The Labute approximate surface area is 408 Å². The van der Waals surface area contributed by atoms with Gasteiger partial charge in [-0.1, -0.05) is 101 Å². The third-order valence-electron chi connectivity index (χ3n) is 15.8. The Bertz CT molecular complexity index is 2580. The van der Waals surface area contributed by atoms with Crippen LogP contribution in [0.15, 0.2) is 102 Å². The molecular formula is C53H63NO15Si. The summed E-state index contributed by atoms with van der Waals surface area (Å²) in [5.74, 6) is -8.61. The number of aliphatic hydroxyl groups is 1. The largest absolute Gasteiger partial charge is 0.456 e. The fourth-order valence-corrected chi connectivity index (χ4v) is 12.2.